The molecule has 2 rings (SSSR count). The van der Waals surface area contributed by atoms with E-state index in [-0.39, 0.29) is 11.9 Å². The number of anilines is 1. The van der Waals surface area contributed by atoms with Gasteiger partial charge in [-0.15, -0.1) is 0 Å². The van der Waals surface area contributed by atoms with Crippen molar-refractivity contribution in [3.63, 3.8) is 0 Å². The first kappa shape index (κ1) is 16.0. The quantitative estimate of drug-likeness (QED) is 0.903. The van der Waals surface area contributed by atoms with E-state index in [2.05, 4.69) is 41.3 Å². The van der Waals surface area contributed by atoms with Gasteiger partial charge in [0.2, 0.25) is 5.91 Å². The third-order valence-corrected chi connectivity index (χ3v) is 4.14. The SMILES string of the molecule is CN(C)CCc1ccc(NC(=O)[C@@H]2CCCCN2C)cc1. The molecule has 21 heavy (non-hydrogen) atoms. The molecule has 1 fully saturated rings. The number of carbonyl (C=O) groups is 1. The summed E-state index contributed by atoms with van der Waals surface area (Å²) in [6, 6.07) is 8.23. The van der Waals surface area contributed by atoms with E-state index in [4.69, 9.17) is 0 Å². The molecule has 1 aliphatic rings. The zero-order valence-corrected chi connectivity index (χ0v) is 13.4. The second kappa shape index (κ2) is 7.57. The number of hydrogen-bond donors (Lipinski definition) is 1. The molecular weight excluding hydrogens is 262 g/mol. The Morgan fingerprint density at radius 3 is 2.62 bits per heavy atom. The summed E-state index contributed by atoms with van der Waals surface area (Å²) in [4.78, 5) is 16.7. The van der Waals surface area contributed by atoms with Crippen molar-refractivity contribution in [2.45, 2.75) is 31.7 Å². The Kier molecular flexibility index (Phi) is 5.76. The number of carbonyl (C=O) groups excluding carboxylic acids is 1. The molecule has 1 atom stereocenters. The van der Waals surface area contributed by atoms with E-state index < -0.39 is 0 Å². The molecule has 1 aliphatic heterocycles. The Balaban J connectivity index is 1.89. The molecule has 0 aliphatic carbocycles. The Bertz CT molecular complexity index is 456. The van der Waals surface area contributed by atoms with Gasteiger partial charge in [-0.3, -0.25) is 9.69 Å². The van der Waals surface area contributed by atoms with Gasteiger partial charge in [-0.1, -0.05) is 18.6 Å². The van der Waals surface area contributed by atoms with Gasteiger partial charge in [0, 0.05) is 12.2 Å². The van der Waals surface area contributed by atoms with E-state index in [1.165, 1.54) is 12.0 Å². The fourth-order valence-corrected chi connectivity index (χ4v) is 2.74. The lowest BCUT2D eigenvalue weighted by molar-refractivity contribution is -0.121. The summed E-state index contributed by atoms with van der Waals surface area (Å²) in [6.07, 6.45) is 4.34. The highest BCUT2D eigenvalue weighted by Gasteiger charge is 2.25. The molecule has 0 saturated carbocycles. The monoisotopic (exact) mass is 289 g/mol. The molecule has 1 heterocycles. The predicted molar refractivity (Wildman–Crippen MR) is 87.6 cm³/mol. The van der Waals surface area contributed by atoms with Crippen LogP contribution in [0.1, 0.15) is 24.8 Å². The highest BCUT2D eigenvalue weighted by atomic mass is 16.2. The van der Waals surface area contributed by atoms with Crippen molar-refractivity contribution in [2.75, 3.05) is 39.5 Å². The molecule has 0 bridgehead atoms. The van der Waals surface area contributed by atoms with E-state index >= 15 is 0 Å². The molecule has 1 amide bonds. The molecule has 0 radical (unpaired) electrons. The van der Waals surface area contributed by atoms with Crippen molar-refractivity contribution in [1.82, 2.24) is 9.80 Å². The molecule has 0 aromatic heterocycles. The molecule has 4 nitrogen and oxygen atoms in total. The van der Waals surface area contributed by atoms with Crippen LogP contribution in [0.4, 0.5) is 5.69 Å². The highest BCUT2D eigenvalue weighted by Crippen LogP contribution is 2.17. The van der Waals surface area contributed by atoms with Crippen LogP contribution in [-0.2, 0) is 11.2 Å². The van der Waals surface area contributed by atoms with Crippen molar-refractivity contribution in [2.24, 2.45) is 0 Å². The van der Waals surface area contributed by atoms with Crippen LogP contribution in [-0.4, -0.2) is 56.0 Å². The predicted octanol–water partition coefficient (Wildman–Crippen LogP) is 2.21. The standard InChI is InChI=1S/C17H27N3O/c1-19(2)13-11-14-7-9-15(10-8-14)18-17(21)16-6-4-5-12-20(16)3/h7-10,16H,4-6,11-13H2,1-3H3,(H,18,21)/t16-/m0/s1. The van der Waals surface area contributed by atoms with Crippen LogP contribution < -0.4 is 5.32 Å². The summed E-state index contributed by atoms with van der Waals surface area (Å²) >= 11 is 0. The number of piperidine rings is 1. The van der Waals surface area contributed by atoms with Crippen LogP contribution >= 0.6 is 0 Å². The van der Waals surface area contributed by atoms with Gasteiger partial charge in [0.1, 0.15) is 0 Å². The van der Waals surface area contributed by atoms with Gasteiger partial charge in [0.15, 0.2) is 0 Å². The summed E-state index contributed by atoms with van der Waals surface area (Å²) in [7, 11) is 6.19. The number of nitrogens with one attached hydrogen (secondary N) is 1. The maximum Gasteiger partial charge on any atom is 0.241 e. The maximum absolute atomic E-state index is 12.3. The normalized spacial score (nSPS) is 19.7. The second-order valence-corrected chi connectivity index (χ2v) is 6.23. The lowest BCUT2D eigenvalue weighted by Gasteiger charge is -2.31. The number of nitrogens with zero attached hydrogens (tertiary/aromatic N) is 2. The third-order valence-electron chi connectivity index (χ3n) is 4.14. The Morgan fingerprint density at radius 1 is 1.29 bits per heavy atom. The van der Waals surface area contributed by atoms with Crippen molar-refractivity contribution in [3.05, 3.63) is 29.8 Å². The van der Waals surface area contributed by atoms with Crippen LogP contribution in [0.2, 0.25) is 0 Å². The van der Waals surface area contributed by atoms with Gasteiger partial charge in [0.25, 0.3) is 0 Å². The smallest absolute Gasteiger partial charge is 0.241 e. The van der Waals surface area contributed by atoms with Crippen LogP contribution in [0.15, 0.2) is 24.3 Å². The van der Waals surface area contributed by atoms with Crippen molar-refractivity contribution in [1.29, 1.82) is 0 Å². The number of likely N-dealkylation sites (tertiary alicyclic amines) is 1. The summed E-state index contributed by atoms with van der Waals surface area (Å²) < 4.78 is 0. The molecule has 0 unspecified atom stereocenters. The Morgan fingerprint density at radius 2 is 2.00 bits per heavy atom. The number of likely N-dealkylation sites (N-methyl/N-ethyl adjacent to an activating group) is 2. The van der Waals surface area contributed by atoms with Crippen molar-refractivity contribution < 1.29 is 4.79 Å². The minimum absolute atomic E-state index is 0.0205. The molecule has 0 spiro atoms. The maximum atomic E-state index is 12.3. The lowest BCUT2D eigenvalue weighted by atomic mass is 10.0. The number of rotatable bonds is 5. The van der Waals surface area contributed by atoms with Crippen LogP contribution in [0.3, 0.4) is 0 Å². The summed E-state index contributed by atoms with van der Waals surface area (Å²) in [5, 5.41) is 3.04. The molecule has 4 heteroatoms. The molecule has 116 valence electrons. The van der Waals surface area contributed by atoms with Crippen LogP contribution in [0.25, 0.3) is 0 Å². The van der Waals surface area contributed by atoms with Gasteiger partial charge in [0.05, 0.1) is 6.04 Å². The number of hydrogen-bond acceptors (Lipinski definition) is 3. The molecule has 1 aromatic rings. The molecule has 1 N–H and O–H groups in total. The van der Waals surface area contributed by atoms with E-state index in [1.54, 1.807) is 0 Å². The van der Waals surface area contributed by atoms with Gasteiger partial charge in [-0.05, 0) is 64.6 Å². The van der Waals surface area contributed by atoms with E-state index in [1.807, 2.05) is 19.2 Å². The second-order valence-electron chi connectivity index (χ2n) is 6.23. The zero-order valence-electron chi connectivity index (χ0n) is 13.4. The Labute approximate surface area is 128 Å². The largest absolute Gasteiger partial charge is 0.325 e. The minimum Gasteiger partial charge on any atom is -0.325 e. The minimum atomic E-state index is 0.0205. The first-order chi connectivity index (χ1) is 10.1. The first-order valence-corrected chi connectivity index (χ1v) is 7.81. The number of amides is 1. The van der Waals surface area contributed by atoms with Gasteiger partial charge in [-0.2, -0.15) is 0 Å². The molecular formula is C17H27N3O. The van der Waals surface area contributed by atoms with Crippen LogP contribution in [0, 0.1) is 0 Å². The van der Waals surface area contributed by atoms with Crippen molar-refractivity contribution in [3.8, 4) is 0 Å². The topological polar surface area (TPSA) is 35.6 Å². The third kappa shape index (κ3) is 4.83. The van der Waals surface area contributed by atoms with Crippen molar-refractivity contribution >= 4 is 11.6 Å². The fourth-order valence-electron chi connectivity index (χ4n) is 2.74. The van der Waals surface area contributed by atoms with E-state index in [0.717, 1.165) is 38.0 Å². The van der Waals surface area contributed by atoms with Crippen LogP contribution in [0.5, 0.6) is 0 Å². The van der Waals surface area contributed by atoms with E-state index in [9.17, 15) is 4.79 Å². The highest BCUT2D eigenvalue weighted by molar-refractivity contribution is 5.94. The lowest BCUT2D eigenvalue weighted by Crippen LogP contribution is -2.44. The Hall–Kier alpha value is -1.39. The average Bonchev–Trinajstić information content (AvgIpc) is 2.47. The summed E-state index contributed by atoms with van der Waals surface area (Å²) in [5.41, 5.74) is 2.20. The first-order valence-electron chi connectivity index (χ1n) is 7.81. The van der Waals surface area contributed by atoms with Gasteiger partial charge < -0.3 is 10.2 Å². The van der Waals surface area contributed by atoms with Gasteiger partial charge >= 0.3 is 0 Å². The molecule has 1 saturated heterocycles. The van der Waals surface area contributed by atoms with Gasteiger partial charge in [-0.25, -0.2) is 0 Å². The van der Waals surface area contributed by atoms with E-state index in [0.29, 0.717) is 0 Å². The fraction of sp³-hybridized carbons (Fsp3) is 0.588. The summed E-state index contributed by atoms with van der Waals surface area (Å²) in [5.74, 6) is 0.123. The molecule has 1 aromatic carbocycles. The number of benzene rings is 1. The zero-order chi connectivity index (χ0) is 15.2. The summed E-state index contributed by atoms with van der Waals surface area (Å²) in [6.45, 7) is 2.06. The average molecular weight is 289 g/mol.